The number of nitrogens with zero attached hydrogens (tertiary/aromatic N) is 2. The molecule has 4 aromatic rings. The van der Waals surface area contributed by atoms with Crippen molar-refractivity contribution < 1.29 is 4.79 Å². The van der Waals surface area contributed by atoms with Gasteiger partial charge in [0.05, 0.1) is 21.9 Å². The average molecular weight is 333 g/mol. The largest absolute Gasteiger partial charge is 0.324 e. The molecule has 0 unspecified atom stereocenters. The molecule has 25 heavy (non-hydrogen) atoms. The first-order valence-corrected chi connectivity index (χ1v) is 7.91. The first kappa shape index (κ1) is 15.1. The van der Waals surface area contributed by atoms with Crippen LogP contribution in [0, 0.1) is 0 Å². The number of aromatic nitrogens is 4. The standard InChI is InChI=1S/C18H15N5O2/c24-16(23-18-20-13-7-3-4-8-14(13)21-18)10-9-15-19-12-6-2-1-5-11(12)17(25)22-15/h1-8H,9-10H2,(H,19,22,25)(H2,20,21,23,24). The van der Waals surface area contributed by atoms with Gasteiger partial charge in [0.15, 0.2) is 0 Å². The van der Waals surface area contributed by atoms with Gasteiger partial charge in [-0.05, 0) is 24.3 Å². The zero-order chi connectivity index (χ0) is 17.2. The van der Waals surface area contributed by atoms with Crippen LogP contribution in [0.15, 0.2) is 53.3 Å². The van der Waals surface area contributed by atoms with Crippen LogP contribution >= 0.6 is 0 Å². The number of hydrogen-bond donors (Lipinski definition) is 3. The fourth-order valence-electron chi connectivity index (χ4n) is 2.69. The first-order valence-electron chi connectivity index (χ1n) is 7.91. The topological polar surface area (TPSA) is 104 Å². The molecule has 7 heteroatoms. The number of carbonyl (C=O) groups excluding carboxylic acids is 1. The second kappa shape index (κ2) is 6.20. The molecule has 0 aliphatic heterocycles. The minimum Gasteiger partial charge on any atom is -0.324 e. The number of aromatic amines is 2. The number of fused-ring (bicyclic) bond motifs is 2. The molecule has 3 N–H and O–H groups in total. The van der Waals surface area contributed by atoms with Crippen molar-refractivity contribution in [3.63, 3.8) is 0 Å². The summed E-state index contributed by atoms with van der Waals surface area (Å²) in [4.78, 5) is 38.6. The summed E-state index contributed by atoms with van der Waals surface area (Å²) in [5.41, 5.74) is 2.08. The van der Waals surface area contributed by atoms with Crippen LogP contribution < -0.4 is 10.9 Å². The number of nitrogens with one attached hydrogen (secondary N) is 3. The van der Waals surface area contributed by atoms with Gasteiger partial charge in [-0.1, -0.05) is 24.3 Å². The number of amides is 1. The van der Waals surface area contributed by atoms with E-state index < -0.39 is 0 Å². The lowest BCUT2D eigenvalue weighted by molar-refractivity contribution is -0.116. The van der Waals surface area contributed by atoms with Crippen molar-refractivity contribution in [2.45, 2.75) is 12.8 Å². The number of imidazole rings is 1. The summed E-state index contributed by atoms with van der Waals surface area (Å²) < 4.78 is 0. The fourth-order valence-corrected chi connectivity index (χ4v) is 2.69. The molecule has 0 bridgehead atoms. The lowest BCUT2D eigenvalue weighted by Crippen LogP contribution is -2.16. The number of carbonyl (C=O) groups is 1. The maximum Gasteiger partial charge on any atom is 0.258 e. The van der Waals surface area contributed by atoms with E-state index >= 15 is 0 Å². The van der Waals surface area contributed by atoms with Gasteiger partial charge in [0, 0.05) is 12.8 Å². The minimum atomic E-state index is -0.199. The van der Waals surface area contributed by atoms with Crippen molar-refractivity contribution in [3.05, 3.63) is 64.7 Å². The first-order chi connectivity index (χ1) is 12.2. The molecule has 2 aromatic heterocycles. The second-order valence-electron chi connectivity index (χ2n) is 5.68. The molecule has 124 valence electrons. The second-order valence-corrected chi connectivity index (χ2v) is 5.68. The number of hydrogen-bond acceptors (Lipinski definition) is 4. The van der Waals surface area contributed by atoms with Crippen LogP contribution in [0.3, 0.4) is 0 Å². The van der Waals surface area contributed by atoms with E-state index in [1.54, 1.807) is 18.2 Å². The lowest BCUT2D eigenvalue weighted by atomic mass is 10.2. The Bertz CT molecular complexity index is 1100. The predicted molar refractivity (Wildman–Crippen MR) is 95.4 cm³/mol. The number of aryl methyl sites for hydroxylation is 1. The number of para-hydroxylation sites is 3. The summed E-state index contributed by atoms with van der Waals surface area (Å²) in [5, 5.41) is 3.27. The Morgan fingerprint density at radius 3 is 2.56 bits per heavy atom. The van der Waals surface area contributed by atoms with Crippen molar-refractivity contribution >= 4 is 33.8 Å². The number of H-pyrrole nitrogens is 2. The molecular weight excluding hydrogens is 318 g/mol. The van der Waals surface area contributed by atoms with E-state index in [0.29, 0.717) is 29.1 Å². The Labute approximate surface area is 142 Å². The predicted octanol–water partition coefficient (Wildman–Crippen LogP) is 2.37. The molecule has 2 heterocycles. The van der Waals surface area contributed by atoms with Gasteiger partial charge in [-0.15, -0.1) is 0 Å². The molecule has 7 nitrogen and oxygen atoms in total. The molecule has 0 saturated heterocycles. The van der Waals surface area contributed by atoms with E-state index in [0.717, 1.165) is 11.0 Å². The van der Waals surface area contributed by atoms with Crippen LogP contribution in [0.2, 0.25) is 0 Å². The summed E-state index contributed by atoms with van der Waals surface area (Å²) in [6.45, 7) is 0. The number of anilines is 1. The Kier molecular flexibility index (Phi) is 3.74. The van der Waals surface area contributed by atoms with E-state index in [2.05, 4.69) is 25.3 Å². The molecule has 4 rings (SSSR count). The molecular formula is C18H15N5O2. The molecule has 0 spiro atoms. The maximum atomic E-state index is 12.1. The van der Waals surface area contributed by atoms with E-state index in [9.17, 15) is 9.59 Å². The summed E-state index contributed by atoms with van der Waals surface area (Å²) >= 11 is 0. The van der Waals surface area contributed by atoms with Crippen molar-refractivity contribution in [3.8, 4) is 0 Å². The van der Waals surface area contributed by atoms with Gasteiger partial charge in [0.2, 0.25) is 11.9 Å². The third-order valence-corrected chi connectivity index (χ3v) is 3.90. The van der Waals surface area contributed by atoms with Gasteiger partial charge < -0.3 is 9.97 Å². The molecule has 0 atom stereocenters. The van der Waals surface area contributed by atoms with E-state index in [1.807, 2.05) is 30.3 Å². The van der Waals surface area contributed by atoms with Gasteiger partial charge in [-0.3, -0.25) is 14.9 Å². The van der Waals surface area contributed by atoms with Gasteiger partial charge in [0.1, 0.15) is 5.82 Å². The van der Waals surface area contributed by atoms with Crippen LogP contribution in [-0.4, -0.2) is 25.8 Å². The Morgan fingerprint density at radius 2 is 1.72 bits per heavy atom. The van der Waals surface area contributed by atoms with Crippen molar-refractivity contribution in [1.29, 1.82) is 0 Å². The SMILES string of the molecule is O=C(CCc1nc2ccccc2c(=O)[nH]1)Nc1nc2ccccc2[nH]1. The van der Waals surface area contributed by atoms with E-state index in [1.165, 1.54) is 0 Å². The Morgan fingerprint density at radius 1 is 0.960 bits per heavy atom. The third-order valence-electron chi connectivity index (χ3n) is 3.90. The molecule has 0 fully saturated rings. The molecule has 0 saturated carbocycles. The van der Waals surface area contributed by atoms with E-state index in [-0.39, 0.29) is 17.9 Å². The minimum absolute atomic E-state index is 0.193. The molecule has 2 aromatic carbocycles. The molecule has 0 aliphatic rings. The van der Waals surface area contributed by atoms with E-state index in [4.69, 9.17) is 0 Å². The zero-order valence-electron chi connectivity index (χ0n) is 13.2. The highest BCUT2D eigenvalue weighted by molar-refractivity contribution is 5.91. The quantitative estimate of drug-likeness (QED) is 0.533. The van der Waals surface area contributed by atoms with Gasteiger partial charge in [-0.2, -0.15) is 0 Å². The Balaban J connectivity index is 1.45. The van der Waals surface area contributed by atoms with Gasteiger partial charge in [-0.25, -0.2) is 9.97 Å². The normalized spacial score (nSPS) is 11.0. The highest BCUT2D eigenvalue weighted by Gasteiger charge is 2.09. The van der Waals surface area contributed by atoms with Gasteiger partial charge in [0.25, 0.3) is 5.56 Å². The maximum absolute atomic E-state index is 12.1. The number of benzene rings is 2. The van der Waals surface area contributed by atoms with Crippen molar-refractivity contribution in [2.24, 2.45) is 0 Å². The lowest BCUT2D eigenvalue weighted by Gasteiger charge is -2.03. The molecule has 0 radical (unpaired) electrons. The molecule has 0 aliphatic carbocycles. The molecule has 1 amide bonds. The summed E-state index contributed by atoms with van der Waals surface area (Å²) in [6.07, 6.45) is 0.532. The summed E-state index contributed by atoms with van der Waals surface area (Å²) in [7, 11) is 0. The van der Waals surface area contributed by atoms with Crippen molar-refractivity contribution in [1.82, 2.24) is 19.9 Å². The van der Waals surface area contributed by atoms with Crippen LogP contribution in [0.25, 0.3) is 21.9 Å². The highest BCUT2D eigenvalue weighted by atomic mass is 16.1. The third kappa shape index (κ3) is 3.12. The van der Waals surface area contributed by atoms with Crippen LogP contribution in [0.5, 0.6) is 0 Å². The van der Waals surface area contributed by atoms with Crippen molar-refractivity contribution in [2.75, 3.05) is 5.32 Å². The fraction of sp³-hybridized carbons (Fsp3) is 0.111. The summed E-state index contributed by atoms with van der Waals surface area (Å²) in [6, 6.07) is 14.7. The highest BCUT2D eigenvalue weighted by Crippen LogP contribution is 2.13. The smallest absolute Gasteiger partial charge is 0.258 e. The van der Waals surface area contributed by atoms with Crippen LogP contribution in [-0.2, 0) is 11.2 Å². The Hall–Kier alpha value is -3.48. The van der Waals surface area contributed by atoms with Gasteiger partial charge >= 0.3 is 0 Å². The average Bonchev–Trinajstić information content (AvgIpc) is 3.02. The monoisotopic (exact) mass is 333 g/mol. The number of rotatable bonds is 4. The van der Waals surface area contributed by atoms with Crippen LogP contribution in [0.1, 0.15) is 12.2 Å². The zero-order valence-corrected chi connectivity index (χ0v) is 13.2. The summed E-state index contributed by atoms with van der Waals surface area (Å²) in [5.74, 6) is 0.699. The van der Waals surface area contributed by atoms with Crippen LogP contribution in [0.4, 0.5) is 5.95 Å².